The molecule has 0 saturated carbocycles. The van der Waals surface area contributed by atoms with E-state index < -0.39 is 0 Å². The Labute approximate surface area is 106 Å². The monoisotopic (exact) mass is 233 g/mol. The van der Waals surface area contributed by atoms with E-state index in [-0.39, 0.29) is 0 Å². The Kier molecular flexibility index (Phi) is 2.84. The van der Waals surface area contributed by atoms with Gasteiger partial charge in [-0.2, -0.15) is 5.43 Å². The lowest BCUT2D eigenvalue weighted by atomic mass is 10.1. The van der Waals surface area contributed by atoms with Gasteiger partial charge in [0.2, 0.25) is 0 Å². The number of rotatable bonds is 3. The van der Waals surface area contributed by atoms with Crippen molar-refractivity contribution in [1.82, 2.24) is 5.43 Å². The third-order valence-corrected chi connectivity index (χ3v) is 2.85. The fraction of sp³-hybridized carbons (Fsp3) is 0. The summed E-state index contributed by atoms with van der Waals surface area (Å²) in [5, 5.41) is 2.36. The van der Waals surface area contributed by atoms with Crippen molar-refractivity contribution in [2.45, 2.75) is 0 Å². The molecule has 0 amide bonds. The van der Waals surface area contributed by atoms with Gasteiger partial charge in [-0.25, -0.2) is 0 Å². The predicted molar refractivity (Wildman–Crippen MR) is 75.8 cm³/mol. The van der Waals surface area contributed by atoms with Gasteiger partial charge in [0.05, 0.1) is 11.4 Å². The number of para-hydroxylation sites is 1. The Bertz CT molecular complexity index is 642. The minimum Gasteiger partial charge on any atom is -0.278 e. The lowest BCUT2D eigenvalue weighted by Gasteiger charge is -2.08. The molecule has 3 aromatic rings. The number of nitrogens with zero attached hydrogens (tertiary/aromatic N) is 1. The van der Waals surface area contributed by atoms with E-state index in [0.717, 1.165) is 16.8 Å². The minimum atomic E-state index is 0.956. The number of nitrogens with one attached hydrogen (secondary N) is 1. The average molecular weight is 233 g/mol. The molecule has 0 fully saturated rings. The third-order valence-electron chi connectivity index (χ3n) is 2.85. The van der Waals surface area contributed by atoms with E-state index in [1.54, 1.807) is 0 Å². The van der Waals surface area contributed by atoms with Crippen molar-refractivity contribution in [2.75, 3.05) is 5.43 Å². The fourth-order valence-electron chi connectivity index (χ4n) is 1.94. The Hall–Kier alpha value is -2.48. The summed E-state index contributed by atoms with van der Waals surface area (Å²) in [5.41, 5.74) is 9.48. The molecule has 0 aliphatic rings. The Morgan fingerprint density at radius 2 is 1.39 bits per heavy atom. The van der Waals surface area contributed by atoms with Crippen LogP contribution in [0.4, 0.5) is 11.4 Å². The van der Waals surface area contributed by atoms with E-state index in [1.165, 1.54) is 5.39 Å². The number of hydrogen-bond donors (Lipinski definition) is 1. The molecule has 0 aromatic heterocycles. The molecule has 0 atom stereocenters. The van der Waals surface area contributed by atoms with Gasteiger partial charge in [-0.15, -0.1) is 0 Å². The molecule has 2 nitrogen and oxygen atoms in total. The van der Waals surface area contributed by atoms with Crippen LogP contribution >= 0.6 is 0 Å². The van der Waals surface area contributed by atoms with Crippen molar-refractivity contribution in [1.29, 1.82) is 0 Å². The summed E-state index contributed by atoms with van der Waals surface area (Å²) in [4.78, 5) is 0. The third kappa shape index (κ3) is 2.13. The second-order valence-electron chi connectivity index (χ2n) is 4.09. The van der Waals surface area contributed by atoms with Crippen molar-refractivity contribution >= 4 is 22.1 Å². The van der Waals surface area contributed by atoms with Crippen LogP contribution in [0.2, 0.25) is 0 Å². The molecule has 1 N–H and O–H groups in total. The van der Waals surface area contributed by atoms with E-state index in [0.29, 0.717) is 0 Å². The summed E-state index contributed by atoms with van der Waals surface area (Å²) in [6, 6.07) is 24.3. The largest absolute Gasteiger partial charge is 0.278 e. The van der Waals surface area contributed by atoms with Crippen LogP contribution in [0.1, 0.15) is 0 Å². The van der Waals surface area contributed by atoms with Gasteiger partial charge in [0.15, 0.2) is 0 Å². The highest BCUT2D eigenvalue weighted by molar-refractivity contribution is 5.92. The summed E-state index contributed by atoms with van der Waals surface area (Å²) in [6.45, 7) is 0. The van der Waals surface area contributed by atoms with Crippen LogP contribution in [0.3, 0.4) is 0 Å². The first-order chi connectivity index (χ1) is 8.93. The molecule has 3 aromatic carbocycles. The van der Waals surface area contributed by atoms with Gasteiger partial charge in [-0.05, 0) is 23.6 Å². The van der Waals surface area contributed by atoms with Crippen molar-refractivity contribution in [3.8, 4) is 0 Å². The molecule has 3 rings (SSSR count). The zero-order chi connectivity index (χ0) is 12.2. The molecule has 0 unspecified atom stereocenters. The maximum Gasteiger partial charge on any atom is 0.0911 e. The van der Waals surface area contributed by atoms with E-state index in [2.05, 4.69) is 29.1 Å². The van der Waals surface area contributed by atoms with E-state index in [4.69, 9.17) is 0 Å². The molecule has 0 aliphatic heterocycles. The zero-order valence-electron chi connectivity index (χ0n) is 9.88. The smallest absolute Gasteiger partial charge is 0.0911 e. The summed E-state index contributed by atoms with van der Waals surface area (Å²) < 4.78 is 0. The first kappa shape index (κ1) is 10.7. The molecule has 0 spiro atoms. The summed E-state index contributed by atoms with van der Waals surface area (Å²) in [6.07, 6.45) is 0. The summed E-state index contributed by atoms with van der Waals surface area (Å²) in [7, 11) is 0. The van der Waals surface area contributed by atoms with Gasteiger partial charge >= 0.3 is 0 Å². The van der Waals surface area contributed by atoms with E-state index >= 15 is 0 Å². The van der Waals surface area contributed by atoms with Crippen molar-refractivity contribution < 1.29 is 0 Å². The van der Waals surface area contributed by atoms with Crippen molar-refractivity contribution in [2.24, 2.45) is 0 Å². The molecular weight excluding hydrogens is 220 g/mol. The predicted octanol–water partition coefficient (Wildman–Crippen LogP) is 4.10. The molecule has 0 aliphatic carbocycles. The normalized spacial score (nSPS) is 10.2. The average Bonchev–Trinajstić information content (AvgIpc) is 2.46. The number of fused-ring (bicyclic) bond motifs is 1. The molecule has 0 saturated heterocycles. The summed E-state index contributed by atoms with van der Waals surface area (Å²) in [5.74, 6) is 0. The number of anilines is 1. The van der Waals surface area contributed by atoms with Crippen LogP contribution < -0.4 is 10.9 Å². The van der Waals surface area contributed by atoms with Crippen LogP contribution in [0.5, 0.6) is 0 Å². The fourth-order valence-corrected chi connectivity index (χ4v) is 1.94. The van der Waals surface area contributed by atoms with Crippen LogP contribution in [-0.2, 0) is 0 Å². The topological polar surface area (TPSA) is 26.1 Å². The lowest BCUT2D eigenvalue weighted by Crippen LogP contribution is -2.07. The Morgan fingerprint density at radius 1 is 0.667 bits per heavy atom. The highest BCUT2D eigenvalue weighted by Crippen LogP contribution is 2.23. The van der Waals surface area contributed by atoms with Gasteiger partial charge in [0, 0.05) is 5.39 Å². The quantitative estimate of drug-likeness (QED) is 0.677. The second-order valence-corrected chi connectivity index (χ2v) is 4.09. The Morgan fingerprint density at radius 3 is 2.28 bits per heavy atom. The zero-order valence-corrected chi connectivity index (χ0v) is 9.88. The highest BCUT2D eigenvalue weighted by Gasteiger charge is 2.00. The summed E-state index contributed by atoms with van der Waals surface area (Å²) >= 11 is 0. The van der Waals surface area contributed by atoms with Crippen LogP contribution in [-0.4, -0.2) is 0 Å². The van der Waals surface area contributed by atoms with Gasteiger partial charge in [-0.1, -0.05) is 54.6 Å². The molecule has 1 radical (unpaired) electrons. The van der Waals surface area contributed by atoms with Crippen LogP contribution in [0, 0.1) is 0 Å². The molecular formula is C16H13N2. The number of hydrogen-bond acceptors (Lipinski definition) is 1. The van der Waals surface area contributed by atoms with Gasteiger partial charge in [0.1, 0.15) is 0 Å². The molecule has 0 bridgehead atoms. The van der Waals surface area contributed by atoms with Crippen LogP contribution in [0.25, 0.3) is 10.8 Å². The molecule has 18 heavy (non-hydrogen) atoms. The SMILES string of the molecule is c1ccc(N[N]c2cccc3ccccc23)cc1. The molecule has 2 heteroatoms. The second kappa shape index (κ2) is 4.80. The van der Waals surface area contributed by atoms with Crippen molar-refractivity contribution in [3.05, 3.63) is 72.8 Å². The first-order valence-electron chi connectivity index (χ1n) is 5.93. The van der Waals surface area contributed by atoms with Crippen molar-refractivity contribution in [3.63, 3.8) is 0 Å². The lowest BCUT2D eigenvalue weighted by molar-refractivity contribution is 1.06. The van der Waals surface area contributed by atoms with Gasteiger partial charge in [-0.3, -0.25) is 5.43 Å². The highest BCUT2D eigenvalue weighted by atomic mass is 15.4. The van der Waals surface area contributed by atoms with Gasteiger partial charge < -0.3 is 0 Å². The maximum absolute atomic E-state index is 4.45. The van der Waals surface area contributed by atoms with Crippen LogP contribution in [0.15, 0.2) is 72.8 Å². The standard InChI is InChI=1S/C16H13N2/c1-2-9-14(10-3-1)17-18-16-12-6-8-13-7-4-5-11-15(13)16/h1-12,17H. The van der Waals surface area contributed by atoms with E-state index in [9.17, 15) is 0 Å². The van der Waals surface area contributed by atoms with E-state index in [1.807, 2.05) is 54.6 Å². The Balaban J connectivity index is 1.87. The molecule has 87 valence electrons. The first-order valence-corrected chi connectivity index (χ1v) is 5.93. The van der Waals surface area contributed by atoms with Gasteiger partial charge in [0.25, 0.3) is 0 Å². The minimum absolute atomic E-state index is 0.956. The number of benzene rings is 3. The maximum atomic E-state index is 4.45. The molecule has 0 heterocycles.